The zero-order chi connectivity index (χ0) is 16.7. The Labute approximate surface area is 148 Å². The molecule has 2 heterocycles. The van der Waals surface area contributed by atoms with Gasteiger partial charge in [-0.2, -0.15) is 0 Å². The molecule has 0 spiro atoms. The Kier molecular flexibility index (Phi) is 4.00. The molecular weight excluding hydrogens is 349 g/mol. The molecule has 0 unspecified atom stereocenters. The van der Waals surface area contributed by atoms with Crippen LogP contribution in [-0.4, -0.2) is 22.8 Å². The van der Waals surface area contributed by atoms with Gasteiger partial charge in [0.2, 0.25) is 0 Å². The summed E-state index contributed by atoms with van der Waals surface area (Å²) in [6.07, 6.45) is 0. The minimum absolute atomic E-state index is 0.326. The van der Waals surface area contributed by atoms with Crippen LogP contribution in [-0.2, 0) is 13.1 Å². The molecule has 1 aliphatic heterocycles. The number of imidazole rings is 1. The number of benzene rings is 2. The zero-order valence-electron chi connectivity index (χ0n) is 12.8. The second-order valence-corrected chi connectivity index (χ2v) is 6.38. The van der Waals surface area contributed by atoms with Crippen molar-refractivity contribution >= 4 is 34.2 Å². The van der Waals surface area contributed by atoms with Gasteiger partial charge < -0.3 is 19.8 Å². The van der Waals surface area contributed by atoms with Gasteiger partial charge in [0.15, 0.2) is 11.5 Å². The molecule has 0 aliphatic carbocycles. The normalized spacial score (nSPS) is 13.5. The molecule has 5 nitrogen and oxygen atoms in total. The van der Waals surface area contributed by atoms with Crippen LogP contribution >= 0.6 is 23.2 Å². The number of halogens is 2. The molecule has 124 valence electrons. The Bertz CT molecular complexity index is 924. The average molecular weight is 364 g/mol. The lowest BCUT2D eigenvalue weighted by Gasteiger charge is -2.18. The standard InChI is InChI=1S/C17H15Cl2N3O2/c18-11-2-1-10(12(19)5-11)9-22-14-7-16-15(23-3-4-24-16)6-13(14)21-17(22)8-20/h1-2,5-7H,3-4,8-9,20H2. The van der Waals surface area contributed by atoms with Gasteiger partial charge >= 0.3 is 0 Å². The monoisotopic (exact) mass is 363 g/mol. The van der Waals surface area contributed by atoms with E-state index in [4.69, 9.17) is 38.4 Å². The number of nitrogens with zero attached hydrogens (tertiary/aromatic N) is 2. The Morgan fingerprint density at radius 2 is 1.83 bits per heavy atom. The Morgan fingerprint density at radius 3 is 2.54 bits per heavy atom. The highest BCUT2D eigenvalue weighted by Crippen LogP contribution is 2.35. The largest absolute Gasteiger partial charge is 0.486 e. The maximum Gasteiger partial charge on any atom is 0.163 e. The number of fused-ring (bicyclic) bond motifs is 2. The van der Waals surface area contributed by atoms with Crippen molar-refractivity contribution in [3.8, 4) is 11.5 Å². The van der Waals surface area contributed by atoms with Gasteiger partial charge in [-0.1, -0.05) is 29.3 Å². The molecule has 1 aromatic heterocycles. The Balaban J connectivity index is 1.83. The molecule has 0 amide bonds. The van der Waals surface area contributed by atoms with Crippen LogP contribution in [0.3, 0.4) is 0 Å². The fraction of sp³-hybridized carbons (Fsp3) is 0.235. The highest BCUT2D eigenvalue weighted by atomic mass is 35.5. The van der Waals surface area contributed by atoms with Gasteiger partial charge in [0.05, 0.1) is 24.1 Å². The van der Waals surface area contributed by atoms with Crippen LogP contribution in [0, 0.1) is 0 Å². The molecule has 0 fully saturated rings. The molecule has 0 radical (unpaired) electrons. The van der Waals surface area contributed by atoms with Crippen molar-refractivity contribution in [2.24, 2.45) is 5.73 Å². The predicted molar refractivity (Wildman–Crippen MR) is 94.2 cm³/mol. The smallest absolute Gasteiger partial charge is 0.163 e. The van der Waals surface area contributed by atoms with Crippen LogP contribution in [0.25, 0.3) is 11.0 Å². The van der Waals surface area contributed by atoms with E-state index < -0.39 is 0 Å². The highest BCUT2D eigenvalue weighted by molar-refractivity contribution is 6.35. The number of aromatic nitrogens is 2. The van der Waals surface area contributed by atoms with E-state index in [1.54, 1.807) is 6.07 Å². The van der Waals surface area contributed by atoms with Crippen LogP contribution in [0.4, 0.5) is 0 Å². The summed E-state index contributed by atoms with van der Waals surface area (Å²) >= 11 is 12.3. The van der Waals surface area contributed by atoms with Crippen molar-refractivity contribution < 1.29 is 9.47 Å². The van der Waals surface area contributed by atoms with E-state index >= 15 is 0 Å². The fourth-order valence-electron chi connectivity index (χ4n) is 2.86. The summed E-state index contributed by atoms with van der Waals surface area (Å²) in [5.41, 5.74) is 8.59. The Hall–Kier alpha value is -1.95. The molecular formula is C17H15Cl2N3O2. The van der Waals surface area contributed by atoms with Gasteiger partial charge in [0, 0.05) is 22.2 Å². The van der Waals surface area contributed by atoms with E-state index in [0.29, 0.717) is 42.1 Å². The van der Waals surface area contributed by atoms with Gasteiger partial charge in [-0.25, -0.2) is 4.98 Å². The molecule has 0 saturated heterocycles. The van der Waals surface area contributed by atoms with Crippen molar-refractivity contribution in [2.75, 3.05) is 13.2 Å². The summed E-state index contributed by atoms with van der Waals surface area (Å²) in [4.78, 5) is 4.62. The van der Waals surface area contributed by atoms with Crippen molar-refractivity contribution in [1.82, 2.24) is 9.55 Å². The first kappa shape index (κ1) is 15.6. The van der Waals surface area contributed by atoms with Crippen LogP contribution in [0.2, 0.25) is 10.0 Å². The van der Waals surface area contributed by atoms with E-state index in [0.717, 1.165) is 28.2 Å². The summed E-state index contributed by atoms with van der Waals surface area (Å²) in [6, 6.07) is 9.30. The third-order valence-corrected chi connectivity index (χ3v) is 4.60. The number of rotatable bonds is 3. The molecule has 0 saturated carbocycles. The quantitative estimate of drug-likeness (QED) is 0.771. The lowest BCUT2D eigenvalue weighted by Crippen LogP contribution is -2.15. The van der Waals surface area contributed by atoms with E-state index in [-0.39, 0.29) is 0 Å². The number of nitrogens with two attached hydrogens (primary N) is 1. The van der Waals surface area contributed by atoms with E-state index in [2.05, 4.69) is 4.98 Å². The first-order chi connectivity index (χ1) is 11.7. The van der Waals surface area contributed by atoms with Crippen LogP contribution in [0.1, 0.15) is 11.4 Å². The molecule has 24 heavy (non-hydrogen) atoms. The van der Waals surface area contributed by atoms with Gasteiger partial charge in [0.1, 0.15) is 19.0 Å². The van der Waals surface area contributed by atoms with E-state index in [1.165, 1.54) is 0 Å². The van der Waals surface area contributed by atoms with Crippen molar-refractivity contribution in [2.45, 2.75) is 13.1 Å². The van der Waals surface area contributed by atoms with E-state index in [9.17, 15) is 0 Å². The van der Waals surface area contributed by atoms with Gasteiger partial charge in [-0.05, 0) is 17.7 Å². The molecule has 0 atom stereocenters. The van der Waals surface area contributed by atoms with Gasteiger partial charge in [-0.15, -0.1) is 0 Å². The lowest BCUT2D eigenvalue weighted by atomic mass is 10.2. The molecule has 2 aromatic carbocycles. The lowest BCUT2D eigenvalue weighted by molar-refractivity contribution is 0.172. The summed E-state index contributed by atoms with van der Waals surface area (Å²) in [5.74, 6) is 2.21. The fourth-order valence-corrected chi connectivity index (χ4v) is 3.33. The Morgan fingerprint density at radius 1 is 1.08 bits per heavy atom. The summed E-state index contributed by atoms with van der Waals surface area (Å²) in [5, 5.41) is 1.22. The molecule has 3 aromatic rings. The van der Waals surface area contributed by atoms with E-state index in [1.807, 2.05) is 28.8 Å². The van der Waals surface area contributed by atoms with Crippen LogP contribution < -0.4 is 15.2 Å². The third kappa shape index (κ3) is 2.69. The third-order valence-electron chi connectivity index (χ3n) is 4.02. The first-order valence-corrected chi connectivity index (χ1v) is 8.34. The molecule has 7 heteroatoms. The second-order valence-electron chi connectivity index (χ2n) is 5.54. The SMILES string of the molecule is NCc1nc2cc3c(cc2n1Cc1ccc(Cl)cc1Cl)OCCO3. The van der Waals surface area contributed by atoms with Gasteiger partial charge in [0.25, 0.3) is 0 Å². The maximum absolute atomic E-state index is 6.31. The predicted octanol–water partition coefficient (Wildman–Crippen LogP) is 3.62. The number of ether oxygens (including phenoxy) is 2. The van der Waals surface area contributed by atoms with Crippen molar-refractivity contribution in [3.63, 3.8) is 0 Å². The van der Waals surface area contributed by atoms with Crippen LogP contribution in [0.5, 0.6) is 11.5 Å². The highest BCUT2D eigenvalue weighted by Gasteiger charge is 2.18. The minimum atomic E-state index is 0.326. The van der Waals surface area contributed by atoms with Crippen LogP contribution in [0.15, 0.2) is 30.3 Å². The second kappa shape index (κ2) is 6.16. The van der Waals surface area contributed by atoms with Crippen molar-refractivity contribution in [1.29, 1.82) is 0 Å². The number of hydrogen-bond acceptors (Lipinski definition) is 4. The maximum atomic E-state index is 6.31. The average Bonchev–Trinajstić information content (AvgIpc) is 2.92. The summed E-state index contributed by atoms with van der Waals surface area (Å²) in [7, 11) is 0. The molecule has 0 bridgehead atoms. The molecule has 4 rings (SSSR count). The summed E-state index contributed by atoms with van der Waals surface area (Å²) in [6.45, 7) is 1.97. The summed E-state index contributed by atoms with van der Waals surface area (Å²) < 4.78 is 13.3. The first-order valence-electron chi connectivity index (χ1n) is 7.58. The molecule has 1 aliphatic rings. The number of hydrogen-bond donors (Lipinski definition) is 1. The van der Waals surface area contributed by atoms with Crippen molar-refractivity contribution in [3.05, 3.63) is 51.8 Å². The zero-order valence-corrected chi connectivity index (χ0v) is 14.3. The molecule has 2 N–H and O–H groups in total. The van der Waals surface area contributed by atoms with Gasteiger partial charge in [-0.3, -0.25) is 0 Å². The topological polar surface area (TPSA) is 62.3 Å². The minimum Gasteiger partial charge on any atom is -0.486 e.